The van der Waals surface area contributed by atoms with E-state index in [2.05, 4.69) is 12.1 Å². The van der Waals surface area contributed by atoms with Crippen LogP contribution in [0.15, 0.2) is 48.5 Å². The number of rotatable bonds is 3. The number of aliphatic hydroxyl groups excluding tert-OH is 1. The van der Waals surface area contributed by atoms with Crippen LogP contribution in [-0.2, 0) is 13.0 Å². The first-order chi connectivity index (χ1) is 9.34. The molecule has 3 rings (SSSR count). The van der Waals surface area contributed by atoms with Gasteiger partial charge in [0.25, 0.3) is 0 Å². The highest BCUT2D eigenvalue weighted by molar-refractivity contribution is 5.43. The van der Waals surface area contributed by atoms with Crippen molar-refractivity contribution in [2.75, 3.05) is 0 Å². The molecule has 0 spiro atoms. The molecule has 0 bridgehead atoms. The molecule has 2 heteroatoms. The Balaban J connectivity index is 1.80. The number of hydrogen-bond donors (Lipinski definition) is 1. The average Bonchev–Trinajstić information content (AvgIpc) is 2.47. The van der Waals surface area contributed by atoms with E-state index in [0.29, 0.717) is 6.61 Å². The number of aliphatic hydroxyl groups is 1. The lowest BCUT2D eigenvalue weighted by Crippen LogP contribution is -2.11. The summed E-state index contributed by atoms with van der Waals surface area (Å²) < 4.78 is 5.93. The van der Waals surface area contributed by atoms with Crippen LogP contribution in [0.5, 0.6) is 5.75 Å². The van der Waals surface area contributed by atoms with Crippen molar-refractivity contribution in [3.05, 3.63) is 65.2 Å². The second kappa shape index (κ2) is 5.45. The van der Waals surface area contributed by atoms with Gasteiger partial charge in [-0.1, -0.05) is 42.5 Å². The second-order valence-corrected chi connectivity index (χ2v) is 5.01. The van der Waals surface area contributed by atoms with Gasteiger partial charge in [-0.2, -0.15) is 0 Å². The summed E-state index contributed by atoms with van der Waals surface area (Å²) >= 11 is 0. The fourth-order valence-corrected chi connectivity index (χ4v) is 2.66. The summed E-state index contributed by atoms with van der Waals surface area (Å²) in [6, 6.07) is 16.1. The van der Waals surface area contributed by atoms with Crippen LogP contribution in [-0.4, -0.2) is 5.11 Å². The molecule has 0 aromatic heterocycles. The Bertz CT molecular complexity index is 548. The van der Waals surface area contributed by atoms with Gasteiger partial charge in [0.1, 0.15) is 12.4 Å². The van der Waals surface area contributed by atoms with E-state index in [9.17, 15) is 5.11 Å². The highest BCUT2D eigenvalue weighted by Gasteiger charge is 2.20. The first-order valence-corrected chi connectivity index (χ1v) is 6.81. The molecule has 1 atom stereocenters. The Hall–Kier alpha value is -1.80. The van der Waals surface area contributed by atoms with Crippen molar-refractivity contribution >= 4 is 0 Å². The molecule has 2 aromatic carbocycles. The first-order valence-electron chi connectivity index (χ1n) is 6.81. The third kappa shape index (κ3) is 2.64. The molecule has 1 aliphatic carbocycles. The van der Waals surface area contributed by atoms with Crippen molar-refractivity contribution in [1.82, 2.24) is 0 Å². The van der Waals surface area contributed by atoms with Gasteiger partial charge in [0.15, 0.2) is 0 Å². The van der Waals surface area contributed by atoms with Gasteiger partial charge in [0.05, 0.1) is 6.10 Å². The van der Waals surface area contributed by atoms with E-state index in [-0.39, 0.29) is 6.10 Å². The lowest BCUT2D eigenvalue weighted by atomic mass is 9.89. The molecular weight excluding hydrogens is 236 g/mol. The smallest absolute Gasteiger partial charge is 0.123 e. The van der Waals surface area contributed by atoms with Gasteiger partial charge >= 0.3 is 0 Å². The third-order valence-electron chi connectivity index (χ3n) is 3.67. The van der Waals surface area contributed by atoms with E-state index in [1.807, 2.05) is 36.4 Å². The fourth-order valence-electron chi connectivity index (χ4n) is 2.66. The van der Waals surface area contributed by atoms with Gasteiger partial charge in [-0.05, 0) is 42.0 Å². The minimum Gasteiger partial charge on any atom is -0.489 e. The zero-order valence-corrected chi connectivity index (χ0v) is 10.9. The summed E-state index contributed by atoms with van der Waals surface area (Å²) in [7, 11) is 0. The van der Waals surface area contributed by atoms with Crippen LogP contribution in [0, 0.1) is 0 Å². The summed E-state index contributed by atoms with van der Waals surface area (Å²) in [5, 5.41) is 10.0. The summed E-state index contributed by atoms with van der Waals surface area (Å²) in [5.74, 6) is 0.917. The molecule has 0 saturated carbocycles. The number of hydrogen-bond acceptors (Lipinski definition) is 2. The molecule has 0 saturated heterocycles. The zero-order valence-electron chi connectivity index (χ0n) is 10.9. The van der Waals surface area contributed by atoms with Gasteiger partial charge in [0, 0.05) is 0 Å². The van der Waals surface area contributed by atoms with Crippen LogP contribution < -0.4 is 4.74 Å². The molecule has 0 fully saturated rings. The zero-order chi connectivity index (χ0) is 13.1. The predicted molar refractivity (Wildman–Crippen MR) is 75.1 cm³/mol. The van der Waals surface area contributed by atoms with Crippen molar-refractivity contribution < 1.29 is 9.84 Å². The Morgan fingerprint density at radius 1 is 1.05 bits per heavy atom. The van der Waals surface area contributed by atoms with Crippen LogP contribution in [0.25, 0.3) is 0 Å². The van der Waals surface area contributed by atoms with Crippen molar-refractivity contribution in [2.24, 2.45) is 0 Å². The molecule has 0 amide bonds. The van der Waals surface area contributed by atoms with Crippen LogP contribution in [0.2, 0.25) is 0 Å². The molecule has 2 nitrogen and oxygen atoms in total. The number of ether oxygens (including phenoxy) is 1. The maximum atomic E-state index is 10.0. The lowest BCUT2D eigenvalue weighted by molar-refractivity contribution is 0.155. The van der Waals surface area contributed by atoms with Crippen LogP contribution in [0.4, 0.5) is 0 Å². The van der Waals surface area contributed by atoms with E-state index in [0.717, 1.165) is 36.1 Å². The highest BCUT2D eigenvalue weighted by atomic mass is 16.5. The molecule has 19 heavy (non-hydrogen) atoms. The first kappa shape index (κ1) is 12.2. The number of benzene rings is 2. The minimum absolute atomic E-state index is 0.330. The Morgan fingerprint density at radius 3 is 2.74 bits per heavy atom. The molecule has 1 unspecified atom stereocenters. The molecule has 0 heterocycles. The normalized spacial score (nSPS) is 17.8. The Morgan fingerprint density at radius 2 is 1.89 bits per heavy atom. The van der Waals surface area contributed by atoms with Crippen molar-refractivity contribution in [3.8, 4) is 5.75 Å². The van der Waals surface area contributed by atoms with Crippen LogP contribution in [0.1, 0.15) is 35.6 Å². The summed E-state index contributed by atoms with van der Waals surface area (Å²) in [4.78, 5) is 0. The average molecular weight is 254 g/mol. The second-order valence-electron chi connectivity index (χ2n) is 5.01. The van der Waals surface area contributed by atoms with Crippen molar-refractivity contribution in [1.29, 1.82) is 0 Å². The molecular formula is C17H18O2. The number of fused-ring (bicyclic) bond motifs is 1. The van der Waals surface area contributed by atoms with E-state index in [1.54, 1.807) is 0 Å². The topological polar surface area (TPSA) is 29.5 Å². The summed E-state index contributed by atoms with van der Waals surface area (Å²) in [6.07, 6.45) is 2.55. The van der Waals surface area contributed by atoms with E-state index >= 15 is 0 Å². The largest absolute Gasteiger partial charge is 0.489 e. The Kier molecular flexibility index (Phi) is 3.51. The summed E-state index contributed by atoms with van der Waals surface area (Å²) in [5.41, 5.74) is 3.38. The molecule has 0 aliphatic heterocycles. The highest BCUT2D eigenvalue weighted by Crippen LogP contribution is 2.35. The van der Waals surface area contributed by atoms with Gasteiger partial charge in [0.2, 0.25) is 0 Å². The van der Waals surface area contributed by atoms with Crippen LogP contribution >= 0.6 is 0 Å². The quantitative estimate of drug-likeness (QED) is 0.906. The van der Waals surface area contributed by atoms with E-state index in [1.165, 1.54) is 5.56 Å². The fraction of sp³-hybridized carbons (Fsp3) is 0.294. The van der Waals surface area contributed by atoms with E-state index < -0.39 is 0 Å². The molecule has 1 aliphatic rings. The molecule has 1 N–H and O–H groups in total. The van der Waals surface area contributed by atoms with Gasteiger partial charge < -0.3 is 9.84 Å². The van der Waals surface area contributed by atoms with Gasteiger partial charge in [-0.25, -0.2) is 0 Å². The SMILES string of the molecule is OC1CCCc2c(OCc3ccccc3)cccc21. The van der Waals surface area contributed by atoms with E-state index in [4.69, 9.17) is 4.74 Å². The van der Waals surface area contributed by atoms with Gasteiger partial charge in [-0.15, -0.1) is 0 Å². The maximum Gasteiger partial charge on any atom is 0.123 e. The minimum atomic E-state index is -0.330. The molecule has 98 valence electrons. The van der Waals surface area contributed by atoms with Gasteiger partial charge in [-0.3, -0.25) is 0 Å². The Labute approximate surface area is 113 Å². The van der Waals surface area contributed by atoms with Crippen molar-refractivity contribution in [2.45, 2.75) is 32.0 Å². The monoisotopic (exact) mass is 254 g/mol. The van der Waals surface area contributed by atoms with Crippen LogP contribution in [0.3, 0.4) is 0 Å². The lowest BCUT2D eigenvalue weighted by Gasteiger charge is -2.23. The predicted octanol–water partition coefficient (Wildman–Crippen LogP) is 3.64. The maximum absolute atomic E-state index is 10.0. The standard InChI is InChI=1S/C17H18O2/c18-16-10-4-9-15-14(16)8-5-11-17(15)19-12-13-6-2-1-3-7-13/h1-3,5-8,11,16,18H,4,9-10,12H2. The molecule has 0 radical (unpaired) electrons. The van der Waals surface area contributed by atoms with Crippen molar-refractivity contribution in [3.63, 3.8) is 0 Å². The summed E-state index contributed by atoms with van der Waals surface area (Å²) in [6.45, 7) is 0.577. The molecule has 2 aromatic rings. The third-order valence-corrected chi connectivity index (χ3v) is 3.67.